The average Bonchev–Trinajstić information content (AvgIpc) is 2.53. The Kier molecular flexibility index (Phi) is 5.85. The van der Waals surface area contributed by atoms with Gasteiger partial charge in [-0.2, -0.15) is 0 Å². The highest BCUT2D eigenvalue weighted by atomic mass is 16.5. The molecule has 2 N–H and O–H groups in total. The highest BCUT2D eigenvalue weighted by molar-refractivity contribution is 5.90. The van der Waals surface area contributed by atoms with Crippen LogP contribution in [0.3, 0.4) is 0 Å². The Balaban J connectivity index is 1.81. The molecule has 0 aliphatic rings. The Morgan fingerprint density at radius 3 is 2.38 bits per heavy atom. The number of rotatable bonds is 5. The van der Waals surface area contributed by atoms with E-state index in [1.807, 2.05) is 55.5 Å². The van der Waals surface area contributed by atoms with Crippen LogP contribution in [0.4, 0.5) is 10.5 Å². The molecule has 0 aliphatic carbocycles. The van der Waals surface area contributed by atoms with Crippen LogP contribution in [-0.4, -0.2) is 19.2 Å². The van der Waals surface area contributed by atoms with E-state index in [4.69, 9.17) is 4.74 Å². The molecule has 4 heteroatoms. The summed E-state index contributed by atoms with van der Waals surface area (Å²) in [7, 11) is 0. The molecule has 24 heavy (non-hydrogen) atoms. The minimum absolute atomic E-state index is 0.0293. The third-order valence-electron chi connectivity index (χ3n) is 3.66. The Hall–Kier alpha value is -2.49. The van der Waals surface area contributed by atoms with Gasteiger partial charge in [0.25, 0.3) is 0 Å². The molecule has 0 bridgehead atoms. The largest absolute Gasteiger partial charge is 0.492 e. The SMILES string of the molecule is Cc1ccc(OCCNC(=O)Nc2ccccc2C(C)(C)C)cc1. The summed E-state index contributed by atoms with van der Waals surface area (Å²) in [4.78, 5) is 12.1. The standard InChI is InChI=1S/C20H26N2O2/c1-15-9-11-16(12-10-15)24-14-13-21-19(23)22-18-8-6-5-7-17(18)20(2,3)4/h5-12H,13-14H2,1-4H3,(H2,21,22,23). The van der Waals surface area contributed by atoms with Crippen LogP contribution in [-0.2, 0) is 5.41 Å². The molecule has 0 unspecified atom stereocenters. The molecule has 0 aromatic heterocycles. The Morgan fingerprint density at radius 2 is 1.71 bits per heavy atom. The molecular formula is C20H26N2O2. The zero-order valence-corrected chi connectivity index (χ0v) is 14.8. The maximum atomic E-state index is 12.1. The van der Waals surface area contributed by atoms with E-state index in [0.29, 0.717) is 13.2 Å². The summed E-state index contributed by atoms with van der Waals surface area (Å²) in [6.07, 6.45) is 0. The lowest BCUT2D eigenvalue weighted by molar-refractivity contribution is 0.247. The molecule has 0 spiro atoms. The second-order valence-electron chi connectivity index (χ2n) is 6.84. The van der Waals surface area contributed by atoms with Crippen molar-refractivity contribution in [2.45, 2.75) is 33.1 Å². The average molecular weight is 326 g/mol. The summed E-state index contributed by atoms with van der Waals surface area (Å²) in [5.41, 5.74) is 3.11. The topological polar surface area (TPSA) is 50.4 Å². The second kappa shape index (κ2) is 7.86. The number of benzene rings is 2. The lowest BCUT2D eigenvalue weighted by Crippen LogP contribution is -2.33. The molecule has 0 aliphatic heterocycles. The van der Waals surface area contributed by atoms with Crippen molar-refractivity contribution in [3.05, 3.63) is 59.7 Å². The van der Waals surface area contributed by atoms with E-state index in [2.05, 4.69) is 31.4 Å². The van der Waals surface area contributed by atoms with Crippen LogP contribution in [0.2, 0.25) is 0 Å². The predicted octanol–water partition coefficient (Wildman–Crippen LogP) is 4.49. The zero-order valence-electron chi connectivity index (χ0n) is 14.8. The number of nitrogens with one attached hydrogen (secondary N) is 2. The number of anilines is 1. The molecular weight excluding hydrogens is 300 g/mol. The summed E-state index contributed by atoms with van der Waals surface area (Å²) in [5, 5.41) is 5.73. The quantitative estimate of drug-likeness (QED) is 0.795. The van der Waals surface area contributed by atoms with Crippen molar-refractivity contribution >= 4 is 11.7 Å². The fourth-order valence-electron chi connectivity index (χ4n) is 2.38. The Labute approximate surface area is 144 Å². The maximum absolute atomic E-state index is 12.1. The highest BCUT2D eigenvalue weighted by Gasteiger charge is 2.18. The Morgan fingerprint density at radius 1 is 1.04 bits per heavy atom. The van der Waals surface area contributed by atoms with Crippen molar-refractivity contribution in [2.24, 2.45) is 0 Å². The molecule has 2 rings (SSSR count). The van der Waals surface area contributed by atoms with E-state index in [-0.39, 0.29) is 11.4 Å². The van der Waals surface area contributed by atoms with Gasteiger partial charge in [0.1, 0.15) is 12.4 Å². The number of carbonyl (C=O) groups excluding carboxylic acids is 1. The number of ether oxygens (including phenoxy) is 1. The van der Waals surface area contributed by atoms with E-state index in [0.717, 1.165) is 17.0 Å². The van der Waals surface area contributed by atoms with Gasteiger partial charge in [0, 0.05) is 5.69 Å². The lowest BCUT2D eigenvalue weighted by Gasteiger charge is -2.23. The molecule has 0 fully saturated rings. The summed E-state index contributed by atoms with van der Waals surface area (Å²) in [6, 6.07) is 15.5. The van der Waals surface area contributed by atoms with Gasteiger partial charge in [0.05, 0.1) is 6.54 Å². The van der Waals surface area contributed by atoms with Gasteiger partial charge in [-0.15, -0.1) is 0 Å². The van der Waals surface area contributed by atoms with Crippen molar-refractivity contribution in [3.8, 4) is 5.75 Å². The van der Waals surface area contributed by atoms with E-state index >= 15 is 0 Å². The van der Waals surface area contributed by atoms with Crippen molar-refractivity contribution < 1.29 is 9.53 Å². The Bertz CT molecular complexity index is 673. The number of aryl methyl sites for hydroxylation is 1. The van der Waals surface area contributed by atoms with Gasteiger partial charge in [-0.25, -0.2) is 4.79 Å². The zero-order chi connectivity index (χ0) is 17.6. The smallest absolute Gasteiger partial charge is 0.319 e. The third kappa shape index (κ3) is 5.30. The van der Waals surface area contributed by atoms with Crippen LogP contribution >= 0.6 is 0 Å². The number of urea groups is 1. The van der Waals surface area contributed by atoms with Gasteiger partial charge >= 0.3 is 6.03 Å². The monoisotopic (exact) mass is 326 g/mol. The molecule has 2 amide bonds. The highest BCUT2D eigenvalue weighted by Crippen LogP contribution is 2.29. The first-order chi connectivity index (χ1) is 11.4. The summed E-state index contributed by atoms with van der Waals surface area (Å²) in [5.74, 6) is 0.806. The summed E-state index contributed by atoms with van der Waals surface area (Å²) >= 11 is 0. The molecule has 4 nitrogen and oxygen atoms in total. The molecule has 0 heterocycles. The maximum Gasteiger partial charge on any atom is 0.319 e. The van der Waals surface area contributed by atoms with E-state index < -0.39 is 0 Å². The van der Waals surface area contributed by atoms with E-state index in [9.17, 15) is 4.79 Å². The molecule has 2 aromatic carbocycles. The van der Waals surface area contributed by atoms with Crippen molar-refractivity contribution in [1.82, 2.24) is 5.32 Å². The van der Waals surface area contributed by atoms with Crippen LogP contribution in [0.1, 0.15) is 31.9 Å². The fourth-order valence-corrected chi connectivity index (χ4v) is 2.38. The lowest BCUT2D eigenvalue weighted by atomic mass is 9.86. The van der Waals surface area contributed by atoms with Crippen LogP contribution in [0.5, 0.6) is 5.75 Å². The molecule has 0 atom stereocenters. The molecule has 2 aromatic rings. The van der Waals surface area contributed by atoms with Crippen LogP contribution in [0, 0.1) is 6.92 Å². The number of amides is 2. The van der Waals surface area contributed by atoms with Gasteiger partial charge in [0.15, 0.2) is 0 Å². The molecule has 0 radical (unpaired) electrons. The second-order valence-corrected chi connectivity index (χ2v) is 6.84. The molecule has 0 saturated heterocycles. The minimum atomic E-state index is -0.223. The fraction of sp³-hybridized carbons (Fsp3) is 0.350. The minimum Gasteiger partial charge on any atom is -0.492 e. The molecule has 128 valence electrons. The molecule has 0 saturated carbocycles. The predicted molar refractivity (Wildman–Crippen MR) is 98.8 cm³/mol. The van der Waals surface area contributed by atoms with Gasteiger partial charge < -0.3 is 15.4 Å². The number of hydrogen-bond acceptors (Lipinski definition) is 2. The van der Waals surface area contributed by atoms with E-state index in [1.165, 1.54) is 5.56 Å². The number of carbonyl (C=O) groups is 1. The van der Waals surface area contributed by atoms with Crippen LogP contribution in [0.25, 0.3) is 0 Å². The van der Waals surface area contributed by atoms with Crippen LogP contribution in [0.15, 0.2) is 48.5 Å². The van der Waals surface area contributed by atoms with Gasteiger partial charge in [0.2, 0.25) is 0 Å². The van der Waals surface area contributed by atoms with Gasteiger partial charge in [-0.3, -0.25) is 0 Å². The third-order valence-corrected chi connectivity index (χ3v) is 3.66. The first-order valence-corrected chi connectivity index (χ1v) is 8.20. The first-order valence-electron chi connectivity index (χ1n) is 8.20. The van der Waals surface area contributed by atoms with E-state index in [1.54, 1.807) is 0 Å². The summed E-state index contributed by atoms with van der Waals surface area (Å²) < 4.78 is 5.60. The summed E-state index contributed by atoms with van der Waals surface area (Å²) in [6.45, 7) is 9.28. The number of para-hydroxylation sites is 1. The van der Waals surface area contributed by atoms with Crippen LogP contribution < -0.4 is 15.4 Å². The first kappa shape index (κ1) is 17.9. The number of hydrogen-bond donors (Lipinski definition) is 2. The van der Waals surface area contributed by atoms with Crippen molar-refractivity contribution in [2.75, 3.05) is 18.5 Å². The normalized spacial score (nSPS) is 11.0. The van der Waals surface area contributed by atoms with Crippen molar-refractivity contribution in [3.63, 3.8) is 0 Å². The van der Waals surface area contributed by atoms with Gasteiger partial charge in [-0.05, 0) is 36.1 Å². The van der Waals surface area contributed by atoms with Crippen molar-refractivity contribution in [1.29, 1.82) is 0 Å². The van der Waals surface area contributed by atoms with Gasteiger partial charge in [-0.1, -0.05) is 56.7 Å².